The first kappa shape index (κ1) is 20.0. The minimum absolute atomic E-state index is 0.0707. The first-order valence-corrected chi connectivity index (χ1v) is 10.7. The number of carbonyl (C=O) groups excluding carboxylic acids is 1. The van der Waals surface area contributed by atoms with Gasteiger partial charge in [0.2, 0.25) is 0 Å². The molecule has 0 N–H and O–H groups in total. The molecule has 0 spiro atoms. The maximum atomic E-state index is 12.7. The molecule has 1 aromatic carbocycles. The van der Waals surface area contributed by atoms with Crippen LogP contribution < -0.4 is 0 Å². The lowest BCUT2D eigenvalue weighted by molar-refractivity contribution is -0.384. The molecule has 1 saturated heterocycles. The monoisotopic (exact) mass is 406 g/mol. The molecule has 2 aromatic rings. The highest BCUT2D eigenvalue weighted by Gasteiger charge is 2.31. The molecule has 3 rings (SSSR count). The number of aromatic nitrogens is 2. The van der Waals surface area contributed by atoms with Crippen LogP contribution in [0.5, 0.6) is 0 Å². The fraction of sp³-hybridized carbons (Fsp3) is 0.444. The summed E-state index contributed by atoms with van der Waals surface area (Å²) in [5.41, 5.74) is 2.77. The smallest absolute Gasteiger partial charge is 0.269 e. The summed E-state index contributed by atoms with van der Waals surface area (Å²) in [5, 5.41) is 15.3. The minimum atomic E-state index is -3.02. The van der Waals surface area contributed by atoms with Gasteiger partial charge in [-0.1, -0.05) is 0 Å². The Balaban J connectivity index is 1.77. The molecule has 1 aromatic heterocycles. The Labute approximate surface area is 163 Å². The van der Waals surface area contributed by atoms with Crippen molar-refractivity contribution in [2.45, 2.75) is 32.9 Å². The fourth-order valence-electron chi connectivity index (χ4n) is 3.50. The number of carbonyl (C=O) groups is 1. The summed E-state index contributed by atoms with van der Waals surface area (Å²) in [7, 11) is -1.37. The molecule has 0 bridgehead atoms. The number of rotatable bonds is 5. The van der Waals surface area contributed by atoms with Gasteiger partial charge in [0.25, 0.3) is 11.6 Å². The number of sulfone groups is 1. The van der Waals surface area contributed by atoms with Gasteiger partial charge in [-0.15, -0.1) is 0 Å². The number of non-ortho nitro benzene ring substituents is 1. The van der Waals surface area contributed by atoms with E-state index >= 15 is 0 Å². The third-order valence-corrected chi connectivity index (χ3v) is 6.85. The Morgan fingerprint density at radius 1 is 1.32 bits per heavy atom. The average molecular weight is 406 g/mol. The van der Waals surface area contributed by atoms with E-state index in [0.717, 1.165) is 17.0 Å². The minimum Gasteiger partial charge on any atom is -0.337 e. The van der Waals surface area contributed by atoms with Crippen LogP contribution in [0.4, 0.5) is 5.69 Å². The zero-order valence-electron chi connectivity index (χ0n) is 16.0. The highest BCUT2D eigenvalue weighted by Crippen LogP contribution is 2.27. The van der Waals surface area contributed by atoms with Gasteiger partial charge in [0, 0.05) is 42.5 Å². The lowest BCUT2D eigenvalue weighted by Gasteiger charge is -2.18. The molecule has 150 valence electrons. The molecule has 9 nitrogen and oxygen atoms in total. The van der Waals surface area contributed by atoms with E-state index in [1.54, 1.807) is 11.7 Å². The molecule has 0 saturated carbocycles. The van der Waals surface area contributed by atoms with Crippen molar-refractivity contribution in [1.29, 1.82) is 0 Å². The zero-order chi connectivity index (χ0) is 20.6. The van der Waals surface area contributed by atoms with Gasteiger partial charge >= 0.3 is 0 Å². The molecule has 2 heterocycles. The van der Waals surface area contributed by atoms with E-state index in [2.05, 4.69) is 5.10 Å². The van der Waals surface area contributed by atoms with Gasteiger partial charge in [-0.05, 0) is 32.4 Å². The molecule has 1 aliphatic rings. The van der Waals surface area contributed by atoms with E-state index in [4.69, 9.17) is 0 Å². The molecule has 0 radical (unpaired) electrons. The molecule has 1 atom stereocenters. The van der Waals surface area contributed by atoms with Gasteiger partial charge in [0.15, 0.2) is 9.84 Å². The summed E-state index contributed by atoms with van der Waals surface area (Å²) in [4.78, 5) is 24.4. The molecule has 10 heteroatoms. The molecular formula is C18H22N4O5S. The van der Waals surface area contributed by atoms with E-state index in [0.29, 0.717) is 18.5 Å². The normalized spacial score (nSPS) is 18.2. The van der Waals surface area contributed by atoms with Crippen molar-refractivity contribution >= 4 is 21.4 Å². The summed E-state index contributed by atoms with van der Waals surface area (Å²) >= 11 is 0. The summed E-state index contributed by atoms with van der Waals surface area (Å²) in [6, 6.07) is 5.30. The van der Waals surface area contributed by atoms with Crippen molar-refractivity contribution in [3.05, 3.63) is 56.9 Å². The Kier molecular flexibility index (Phi) is 5.24. The molecular weight excluding hydrogens is 384 g/mol. The molecule has 0 aliphatic carbocycles. The average Bonchev–Trinajstić information content (AvgIpc) is 3.14. The summed E-state index contributed by atoms with van der Waals surface area (Å²) in [5.74, 6) is 0.000408. The summed E-state index contributed by atoms with van der Waals surface area (Å²) in [6.07, 6.45) is 0.543. The van der Waals surface area contributed by atoms with Crippen LogP contribution in [0.2, 0.25) is 0 Å². The third-order valence-electron chi connectivity index (χ3n) is 5.10. The van der Waals surface area contributed by atoms with E-state index < -0.39 is 14.8 Å². The second-order valence-electron chi connectivity index (χ2n) is 7.12. The summed E-state index contributed by atoms with van der Waals surface area (Å²) in [6.45, 7) is 4.03. The quantitative estimate of drug-likeness (QED) is 0.554. The fourth-order valence-corrected chi connectivity index (χ4v) is 5.20. The van der Waals surface area contributed by atoms with Crippen molar-refractivity contribution in [3.63, 3.8) is 0 Å². The maximum absolute atomic E-state index is 12.7. The van der Waals surface area contributed by atoms with Gasteiger partial charge in [-0.2, -0.15) is 5.10 Å². The number of benzene rings is 1. The third kappa shape index (κ3) is 3.91. The van der Waals surface area contributed by atoms with Gasteiger partial charge in [0.05, 0.1) is 28.2 Å². The van der Waals surface area contributed by atoms with Crippen LogP contribution in [0.25, 0.3) is 0 Å². The van der Waals surface area contributed by atoms with Gasteiger partial charge in [0.1, 0.15) is 0 Å². The number of nitro benzene ring substituents is 1. The molecule has 1 amide bonds. The van der Waals surface area contributed by atoms with E-state index in [1.165, 1.54) is 29.2 Å². The number of amides is 1. The Morgan fingerprint density at radius 2 is 1.96 bits per heavy atom. The van der Waals surface area contributed by atoms with Crippen molar-refractivity contribution in [2.75, 3.05) is 18.6 Å². The molecule has 28 heavy (non-hydrogen) atoms. The van der Waals surface area contributed by atoms with E-state index in [-0.39, 0.29) is 29.1 Å². The second kappa shape index (κ2) is 7.34. The first-order chi connectivity index (χ1) is 13.1. The van der Waals surface area contributed by atoms with Crippen LogP contribution in [0, 0.1) is 24.0 Å². The first-order valence-electron chi connectivity index (χ1n) is 8.84. The van der Waals surface area contributed by atoms with Crippen LogP contribution in [-0.4, -0.2) is 52.5 Å². The van der Waals surface area contributed by atoms with Crippen LogP contribution in [0.1, 0.15) is 39.8 Å². The van der Waals surface area contributed by atoms with Crippen LogP contribution in [0.3, 0.4) is 0 Å². The number of nitro groups is 1. The predicted octanol–water partition coefficient (Wildman–Crippen LogP) is 2.04. The Morgan fingerprint density at radius 3 is 2.50 bits per heavy atom. The van der Waals surface area contributed by atoms with Crippen LogP contribution >= 0.6 is 0 Å². The lowest BCUT2D eigenvalue weighted by atomic mass is 10.1. The largest absolute Gasteiger partial charge is 0.337 e. The predicted molar refractivity (Wildman–Crippen MR) is 103 cm³/mol. The van der Waals surface area contributed by atoms with Gasteiger partial charge in [-0.25, -0.2) is 8.42 Å². The highest BCUT2D eigenvalue weighted by atomic mass is 32.2. The standard InChI is InChI=1S/C18H22N4O5S/c1-12-17(13(2)21(19-12)16-8-9-28(26,27)11-16)10-20(3)18(23)14-4-6-15(7-5-14)22(24)25/h4-7,16H,8-11H2,1-3H3/t16-/m1/s1. The Bertz CT molecular complexity index is 1030. The SMILES string of the molecule is Cc1nn([C@@H]2CCS(=O)(=O)C2)c(C)c1CN(C)C(=O)c1ccc([N+](=O)[O-])cc1. The lowest BCUT2D eigenvalue weighted by Crippen LogP contribution is -2.26. The van der Waals surface area contributed by atoms with Gasteiger partial charge < -0.3 is 4.90 Å². The maximum Gasteiger partial charge on any atom is 0.269 e. The van der Waals surface area contributed by atoms with Crippen molar-refractivity contribution in [2.24, 2.45) is 0 Å². The second-order valence-corrected chi connectivity index (χ2v) is 9.34. The van der Waals surface area contributed by atoms with Crippen molar-refractivity contribution in [3.8, 4) is 0 Å². The van der Waals surface area contributed by atoms with E-state index in [9.17, 15) is 23.3 Å². The topological polar surface area (TPSA) is 115 Å². The molecule has 1 aliphatic heterocycles. The number of nitrogens with zero attached hydrogens (tertiary/aromatic N) is 4. The number of aryl methyl sites for hydroxylation is 1. The number of hydrogen-bond donors (Lipinski definition) is 0. The van der Waals surface area contributed by atoms with Crippen LogP contribution in [-0.2, 0) is 16.4 Å². The number of hydrogen-bond acceptors (Lipinski definition) is 6. The zero-order valence-corrected chi connectivity index (χ0v) is 16.8. The Hall–Kier alpha value is -2.75. The molecule has 1 fully saturated rings. The van der Waals surface area contributed by atoms with Crippen molar-refractivity contribution in [1.82, 2.24) is 14.7 Å². The van der Waals surface area contributed by atoms with Crippen LogP contribution in [0.15, 0.2) is 24.3 Å². The molecule has 0 unspecified atom stereocenters. The van der Waals surface area contributed by atoms with Gasteiger partial charge in [-0.3, -0.25) is 19.6 Å². The highest BCUT2D eigenvalue weighted by molar-refractivity contribution is 7.91. The van der Waals surface area contributed by atoms with Crippen molar-refractivity contribution < 1.29 is 18.1 Å². The van der Waals surface area contributed by atoms with E-state index in [1.807, 2.05) is 13.8 Å². The summed E-state index contributed by atoms with van der Waals surface area (Å²) < 4.78 is 25.3.